The number of carbonyl (C=O) groups excluding carboxylic acids is 1. The summed E-state index contributed by atoms with van der Waals surface area (Å²) in [7, 11) is 0. The van der Waals surface area contributed by atoms with Crippen molar-refractivity contribution < 1.29 is 9.53 Å². The van der Waals surface area contributed by atoms with Crippen molar-refractivity contribution in [2.24, 2.45) is 5.92 Å². The summed E-state index contributed by atoms with van der Waals surface area (Å²) in [4.78, 5) is 11.7. The summed E-state index contributed by atoms with van der Waals surface area (Å²) in [5, 5.41) is 3.36. The van der Waals surface area contributed by atoms with E-state index < -0.39 is 0 Å². The lowest BCUT2D eigenvalue weighted by molar-refractivity contribution is -0.134. The summed E-state index contributed by atoms with van der Waals surface area (Å²) < 4.78 is 5.30. The van der Waals surface area contributed by atoms with Gasteiger partial charge in [-0.1, -0.05) is 17.7 Å². The first-order valence-corrected chi connectivity index (χ1v) is 6.72. The lowest BCUT2D eigenvalue weighted by Crippen LogP contribution is -2.30. The molecule has 1 fully saturated rings. The van der Waals surface area contributed by atoms with Crippen LogP contribution < -0.4 is 10.1 Å². The Labute approximate surface area is 109 Å². The van der Waals surface area contributed by atoms with E-state index in [9.17, 15) is 4.79 Å². The molecule has 1 heterocycles. The Morgan fingerprint density at radius 1 is 1.39 bits per heavy atom. The highest BCUT2D eigenvalue weighted by Crippen LogP contribution is 2.17. The van der Waals surface area contributed by atoms with Crippen molar-refractivity contribution in [3.63, 3.8) is 0 Å². The van der Waals surface area contributed by atoms with Gasteiger partial charge in [0.05, 0.1) is 0 Å². The third kappa shape index (κ3) is 4.15. The molecular weight excluding hydrogens is 226 g/mol. The van der Waals surface area contributed by atoms with Gasteiger partial charge in [0.15, 0.2) is 0 Å². The normalized spacial score (nSPS) is 19.5. The Balaban J connectivity index is 1.73. The van der Waals surface area contributed by atoms with Crippen LogP contribution in [0.5, 0.6) is 5.75 Å². The molecule has 0 spiro atoms. The molecule has 0 aliphatic carbocycles. The molecule has 18 heavy (non-hydrogen) atoms. The molecule has 1 aromatic rings. The van der Waals surface area contributed by atoms with Crippen molar-refractivity contribution in [3.8, 4) is 5.75 Å². The summed E-state index contributed by atoms with van der Waals surface area (Å²) in [5.41, 5.74) is 1.17. The third-order valence-electron chi connectivity index (χ3n) is 3.41. The molecular formula is C15H21NO2. The van der Waals surface area contributed by atoms with Gasteiger partial charge in [0.2, 0.25) is 0 Å². The van der Waals surface area contributed by atoms with Gasteiger partial charge in [0, 0.05) is 6.42 Å². The fourth-order valence-corrected chi connectivity index (χ4v) is 2.28. The predicted octanol–water partition coefficient (Wildman–Crippen LogP) is 2.68. The van der Waals surface area contributed by atoms with Gasteiger partial charge in [0.25, 0.3) is 0 Å². The molecule has 0 aromatic heterocycles. The first-order chi connectivity index (χ1) is 8.74. The number of aryl methyl sites for hydroxylation is 1. The fraction of sp³-hybridized carbons (Fsp3) is 0.533. The highest BCUT2D eigenvalue weighted by atomic mass is 16.5. The highest BCUT2D eigenvalue weighted by molar-refractivity contribution is 5.72. The number of rotatable bonds is 4. The van der Waals surface area contributed by atoms with Crippen molar-refractivity contribution >= 4 is 5.97 Å². The summed E-state index contributed by atoms with van der Waals surface area (Å²) in [6, 6.07) is 7.59. The summed E-state index contributed by atoms with van der Waals surface area (Å²) in [5.74, 6) is 1.15. The monoisotopic (exact) mass is 247 g/mol. The molecule has 1 aliphatic heterocycles. The van der Waals surface area contributed by atoms with Gasteiger partial charge in [-0.25, -0.2) is 0 Å². The zero-order valence-electron chi connectivity index (χ0n) is 10.9. The Hall–Kier alpha value is -1.35. The van der Waals surface area contributed by atoms with Crippen molar-refractivity contribution in [2.45, 2.75) is 32.6 Å². The van der Waals surface area contributed by atoms with Gasteiger partial charge in [-0.15, -0.1) is 0 Å². The number of piperidine rings is 1. The summed E-state index contributed by atoms with van der Waals surface area (Å²) in [6.45, 7) is 4.17. The SMILES string of the molecule is Cc1ccc(OC(=O)CCC2CCCNC2)cc1. The van der Waals surface area contributed by atoms with Crippen LogP contribution >= 0.6 is 0 Å². The molecule has 1 N–H and O–H groups in total. The molecule has 1 aliphatic rings. The quantitative estimate of drug-likeness (QED) is 0.656. The maximum absolute atomic E-state index is 11.7. The van der Waals surface area contributed by atoms with Crippen LogP contribution in [0.15, 0.2) is 24.3 Å². The molecule has 0 amide bonds. The lowest BCUT2D eigenvalue weighted by Gasteiger charge is -2.22. The van der Waals surface area contributed by atoms with Gasteiger partial charge in [-0.05, 0) is 57.3 Å². The maximum Gasteiger partial charge on any atom is 0.311 e. The van der Waals surface area contributed by atoms with Crippen LogP contribution in [0.25, 0.3) is 0 Å². The maximum atomic E-state index is 11.7. The van der Waals surface area contributed by atoms with E-state index in [0.717, 1.165) is 19.5 Å². The predicted molar refractivity (Wildman–Crippen MR) is 71.6 cm³/mol. The zero-order valence-corrected chi connectivity index (χ0v) is 10.9. The van der Waals surface area contributed by atoms with Crippen LogP contribution in [-0.2, 0) is 4.79 Å². The number of ether oxygens (including phenoxy) is 1. The van der Waals surface area contributed by atoms with Gasteiger partial charge in [0.1, 0.15) is 5.75 Å². The van der Waals surface area contributed by atoms with Crippen molar-refractivity contribution in [1.82, 2.24) is 5.32 Å². The van der Waals surface area contributed by atoms with E-state index >= 15 is 0 Å². The smallest absolute Gasteiger partial charge is 0.311 e. The van der Waals surface area contributed by atoms with Crippen LogP contribution in [0.3, 0.4) is 0 Å². The van der Waals surface area contributed by atoms with Crippen LogP contribution in [0.1, 0.15) is 31.2 Å². The molecule has 98 valence electrons. The number of hydrogen-bond acceptors (Lipinski definition) is 3. The van der Waals surface area contributed by atoms with Crippen LogP contribution in [0.2, 0.25) is 0 Å². The fourth-order valence-electron chi connectivity index (χ4n) is 2.28. The summed E-state index contributed by atoms with van der Waals surface area (Å²) in [6.07, 6.45) is 3.89. The molecule has 1 atom stereocenters. The summed E-state index contributed by atoms with van der Waals surface area (Å²) >= 11 is 0. The van der Waals surface area contributed by atoms with Crippen molar-refractivity contribution in [1.29, 1.82) is 0 Å². The minimum absolute atomic E-state index is 0.121. The Kier molecular flexibility index (Phi) is 4.76. The number of nitrogens with one attached hydrogen (secondary N) is 1. The van der Waals surface area contributed by atoms with E-state index in [-0.39, 0.29) is 5.97 Å². The minimum atomic E-state index is -0.121. The Morgan fingerprint density at radius 2 is 2.17 bits per heavy atom. The largest absolute Gasteiger partial charge is 0.427 e. The average molecular weight is 247 g/mol. The number of benzene rings is 1. The van der Waals surface area contributed by atoms with Gasteiger partial charge >= 0.3 is 5.97 Å². The molecule has 0 radical (unpaired) electrons. The standard InChI is InChI=1S/C15H21NO2/c1-12-4-7-14(8-5-12)18-15(17)9-6-13-3-2-10-16-11-13/h4-5,7-8,13,16H,2-3,6,9-11H2,1H3. The third-order valence-corrected chi connectivity index (χ3v) is 3.41. The Bertz CT molecular complexity index is 380. The second-order valence-electron chi connectivity index (χ2n) is 5.04. The van der Waals surface area contributed by atoms with Crippen LogP contribution in [0.4, 0.5) is 0 Å². The first-order valence-electron chi connectivity index (χ1n) is 6.72. The van der Waals surface area contributed by atoms with E-state index in [4.69, 9.17) is 4.74 Å². The number of carbonyl (C=O) groups is 1. The van der Waals surface area contributed by atoms with Gasteiger partial charge in [-0.3, -0.25) is 4.79 Å². The van der Waals surface area contributed by atoms with E-state index in [2.05, 4.69) is 5.32 Å². The topological polar surface area (TPSA) is 38.3 Å². The first kappa shape index (κ1) is 13.1. The number of hydrogen-bond donors (Lipinski definition) is 1. The average Bonchev–Trinajstić information content (AvgIpc) is 2.40. The van der Waals surface area contributed by atoms with Gasteiger partial charge < -0.3 is 10.1 Å². The second kappa shape index (κ2) is 6.55. The molecule has 1 aromatic carbocycles. The molecule has 2 rings (SSSR count). The second-order valence-corrected chi connectivity index (χ2v) is 5.04. The van der Waals surface area contributed by atoms with Crippen LogP contribution in [0, 0.1) is 12.8 Å². The van der Waals surface area contributed by atoms with E-state index in [1.807, 2.05) is 31.2 Å². The van der Waals surface area contributed by atoms with E-state index in [1.165, 1.54) is 18.4 Å². The van der Waals surface area contributed by atoms with Crippen molar-refractivity contribution in [3.05, 3.63) is 29.8 Å². The molecule has 0 bridgehead atoms. The number of esters is 1. The van der Waals surface area contributed by atoms with Gasteiger partial charge in [-0.2, -0.15) is 0 Å². The van der Waals surface area contributed by atoms with Crippen LogP contribution in [-0.4, -0.2) is 19.1 Å². The zero-order chi connectivity index (χ0) is 12.8. The van der Waals surface area contributed by atoms with E-state index in [0.29, 0.717) is 18.1 Å². The Morgan fingerprint density at radius 3 is 2.83 bits per heavy atom. The molecule has 1 saturated heterocycles. The molecule has 0 saturated carbocycles. The lowest BCUT2D eigenvalue weighted by atomic mass is 9.95. The highest BCUT2D eigenvalue weighted by Gasteiger charge is 2.15. The molecule has 1 unspecified atom stereocenters. The van der Waals surface area contributed by atoms with E-state index in [1.54, 1.807) is 0 Å². The van der Waals surface area contributed by atoms with Crippen molar-refractivity contribution in [2.75, 3.05) is 13.1 Å². The molecule has 3 nitrogen and oxygen atoms in total. The molecule has 3 heteroatoms. The minimum Gasteiger partial charge on any atom is -0.427 e.